The highest BCUT2D eigenvalue weighted by Crippen LogP contribution is 2.16. The van der Waals surface area contributed by atoms with E-state index in [1.807, 2.05) is 31.2 Å². The fraction of sp³-hybridized carbons (Fsp3) is 0.158. The number of hydrogen-bond donors (Lipinski definition) is 2. The van der Waals surface area contributed by atoms with Crippen LogP contribution < -0.4 is 10.6 Å². The Bertz CT molecular complexity index is 887. The Morgan fingerprint density at radius 1 is 1.04 bits per heavy atom. The van der Waals surface area contributed by atoms with Gasteiger partial charge in [0.05, 0.1) is 11.7 Å². The van der Waals surface area contributed by atoms with Crippen molar-refractivity contribution in [2.45, 2.75) is 19.9 Å². The first-order valence-electron chi connectivity index (χ1n) is 8.16. The topological polar surface area (TPSA) is 88.9 Å². The SMILES string of the molecule is CC(=O)Nc1ccc(C(=O)NC(C)c2ccc(-n3cncn3)cc2)cc1. The van der Waals surface area contributed by atoms with Crippen LogP contribution in [-0.2, 0) is 4.79 Å². The van der Waals surface area contributed by atoms with Crippen LogP contribution in [0.25, 0.3) is 5.69 Å². The van der Waals surface area contributed by atoms with E-state index in [9.17, 15) is 9.59 Å². The lowest BCUT2D eigenvalue weighted by molar-refractivity contribution is -0.114. The zero-order valence-electron chi connectivity index (χ0n) is 14.5. The summed E-state index contributed by atoms with van der Waals surface area (Å²) in [4.78, 5) is 27.4. The first kappa shape index (κ1) is 17.3. The van der Waals surface area contributed by atoms with Crippen LogP contribution in [0.4, 0.5) is 5.69 Å². The largest absolute Gasteiger partial charge is 0.346 e. The molecule has 2 aromatic carbocycles. The van der Waals surface area contributed by atoms with Crippen molar-refractivity contribution < 1.29 is 9.59 Å². The number of carbonyl (C=O) groups excluding carboxylic acids is 2. The summed E-state index contributed by atoms with van der Waals surface area (Å²) in [5, 5.41) is 9.72. The van der Waals surface area contributed by atoms with Gasteiger partial charge in [0.2, 0.25) is 5.91 Å². The lowest BCUT2D eigenvalue weighted by Crippen LogP contribution is -2.26. The molecule has 3 aromatic rings. The zero-order valence-corrected chi connectivity index (χ0v) is 14.5. The standard InChI is InChI=1S/C19H19N5O2/c1-13(15-5-9-18(10-6-15)24-12-20-11-21-24)22-19(26)16-3-7-17(8-4-16)23-14(2)25/h3-13H,1-2H3,(H,22,26)(H,23,25). The molecule has 1 aromatic heterocycles. The predicted molar refractivity (Wildman–Crippen MR) is 98.0 cm³/mol. The maximum atomic E-state index is 12.4. The summed E-state index contributed by atoms with van der Waals surface area (Å²) in [6.45, 7) is 3.37. The van der Waals surface area contributed by atoms with Crippen LogP contribution in [0.5, 0.6) is 0 Å². The third kappa shape index (κ3) is 4.13. The van der Waals surface area contributed by atoms with Crippen molar-refractivity contribution in [1.29, 1.82) is 0 Å². The minimum atomic E-state index is -0.174. The van der Waals surface area contributed by atoms with Gasteiger partial charge in [-0.25, -0.2) is 9.67 Å². The number of nitrogens with one attached hydrogen (secondary N) is 2. The van der Waals surface area contributed by atoms with Crippen LogP contribution in [0, 0.1) is 0 Å². The molecule has 2 N–H and O–H groups in total. The molecule has 26 heavy (non-hydrogen) atoms. The maximum Gasteiger partial charge on any atom is 0.251 e. The highest BCUT2D eigenvalue weighted by molar-refractivity contribution is 5.95. The lowest BCUT2D eigenvalue weighted by atomic mass is 10.1. The number of nitrogens with zero attached hydrogens (tertiary/aromatic N) is 3. The van der Waals surface area contributed by atoms with Gasteiger partial charge in [0.1, 0.15) is 12.7 Å². The highest BCUT2D eigenvalue weighted by Gasteiger charge is 2.12. The molecule has 0 saturated heterocycles. The molecular formula is C19H19N5O2. The van der Waals surface area contributed by atoms with Gasteiger partial charge in [-0.3, -0.25) is 9.59 Å². The van der Waals surface area contributed by atoms with E-state index < -0.39 is 0 Å². The molecule has 7 nitrogen and oxygen atoms in total. The molecule has 0 aliphatic carbocycles. The number of benzene rings is 2. The number of anilines is 1. The van der Waals surface area contributed by atoms with Crippen molar-refractivity contribution >= 4 is 17.5 Å². The quantitative estimate of drug-likeness (QED) is 0.741. The average Bonchev–Trinajstić information content (AvgIpc) is 3.16. The average molecular weight is 349 g/mol. The first-order valence-corrected chi connectivity index (χ1v) is 8.16. The van der Waals surface area contributed by atoms with Gasteiger partial charge in [-0.05, 0) is 48.9 Å². The van der Waals surface area contributed by atoms with Gasteiger partial charge >= 0.3 is 0 Å². The monoisotopic (exact) mass is 349 g/mol. The normalized spacial score (nSPS) is 11.6. The van der Waals surface area contributed by atoms with Gasteiger partial charge < -0.3 is 10.6 Å². The molecule has 0 bridgehead atoms. The Hall–Kier alpha value is -3.48. The molecule has 0 radical (unpaired) electrons. The van der Waals surface area contributed by atoms with E-state index in [2.05, 4.69) is 20.7 Å². The Labute approximate surface area is 151 Å². The third-order valence-electron chi connectivity index (χ3n) is 3.89. The molecule has 3 rings (SSSR count). The van der Waals surface area contributed by atoms with Crippen LogP contribution in [0.1, 0.15) is 35.8 Å². The summed E-state index contributed by atoms with van der Waals surface area (Å²) in [6.07, 6.45) is 3.11. The van der Waals surface area contributed by atoms with Crippen LogP contribution in [0.3, 0.4) is 0 Å². The first-order chi connectivity index (χ1) is 12.5. The summed E-state index contributed by atoms with van der Waals surface area (Å²) in [5.74, 6) is -0.322. The Balaban J connectivity index is 1.64. The minimum Gasteiger partial charge on any atom is -0.346 e. The van der Waals surface area contributed by atoms with Crippen molar-refractivity contribution in [2.24, 2.45) is 0 Å². The number of carbonyl (C=O) groups is 2. The van der Waals surface area contributed by atoms with Crippen LogP contribution in [0.15, 0.2) is 61.2 Å². The second-order valence-corrected chi connectivity index (χ2v) is 5.89. The summed E-state index contributed by atoms with van der Waals surface area (Å²) < 4.78 is 1.67. The Morgan fingerprint density at radius 2 is 1.73 bits per heavy atom. The zero-order chi connectivity index (χ0) is 18.5. The van der Waals surface area contributed by atoms with E-state index >= 15 is 0 Å². The number of aromatic nitrogens is 3. The summed E-state index contributed by atoms with van der Waals surface area (Å²) in [7, 11) is 0. The predicted octanol–water partition coefficient (Wildman–Crippen LogP) is 2.72. The molecule has 2 amide bonds. The molecule has 0 spiro atoms. The molecular weight excluding hydrogens is 330 g/mol. The molecule has 0 aliphatic heterocycles. The molecule has 1 atom stereocenters. The molecule has 132 valence electrons. The molecule has 0 saturated carbocycles. The number of rotatable bonds is 5. The summed E-state index contributed by atoms with van der Waals surface area (Å²) >= 11 is 0. The molecule has 7 heteroatoms. The molecule has 1 heterocycles. The third-order valence-corrected chi connectivity index (χ3v) is 3.89. The van der Waals surface area contributed by atoms with Crippen LogP contribution in [0.2, 0.25) is 0 Å². The second kappa shape index (κ2) is 7.60. The Morgan fingerprint density at radius 3 is 2.31 bits per heavy atom. The fourth-order valence-corrected chi connectivity index (χ4v) is 2.53. The van der Waals surface area contributed by atoms with E-state index in [0.29, 0.717) is 11.3 Å². The smallest absolute Gasteiger partial charge is 0.251 e. The van der Waals surface area contributed by atoms with Crippen molar-refractivity contribution in [3.8, 4) is 5.69 Å². The highest BCUT2D eigenvalue weighted by atomic mass is 16.2. The van der Waals surface area contributed by atoms with E-state index in [1.54, 1.807) is 35.3 Å². The van der Waals surface area contributed by atoms with Crippen LogP contribution in [-0.4, -0.2) is 26.6 Å². The van der Waals surface area contributed by atoms with Gasteiger partial charge in [-0.15, -0.1) is 0 Å². The van der Waals surface area contributed by atoms with Crippen molar-refractivity contribution in [3.05, 3.63) is 72.3 Å². The number of amides is 2. The van der Waals surface area contributed by atoms with Crippen molar-refractivity contribution in [3.63, 3.8) is 0 Å². The van der Waals surface area contributed by atoms with Crippen molar-refractivity contribution in [1.82, 2.24) is 20.1 Å². The van der Waals surface area contributed by atoms with E-state index in [0.717, 1.165) is 11.3 Å². The minimum absolute atomic E-state index is 0.148. The van der Waals surface area contributed by atoms with Gasteiger partial charge in [0.25, 0.3) is 5.91 Å². The molecule has 1 unspecified atom stereocenters. The lowest BCUT2D eigenvalue weighted by Gasteiger charge is -2.15. The number of hydrogen-bond acceptors (Lipinski definition) is 4. The van der Waals surface area contributed by atoms with Gasteiger partial charge in [0.15, 0.2) is 0 Å². The van der Waals surface area contributed by atoms with E-state index in [4.69, 9.17) is 0 Å². The van der Waals surface area contributed by atoms with Gasteiger partial charge in [0, 0.05) is 18.2 Å². The maximum absolute atomic E-state index is 12.4. The van der Waals surface area contributed by atoms with Crippen molar-refractivity contribution in [2.75, 3.05) is 5.32 Å². The van der Waals surface area contributed by atoms with E-state index in [-0.39, 0.29) is 17.9 Å². The molecule has 0 aliphatic rings. The van der Waals surface area contributed by atoms with Crippen LogP contribution >= 0.6 is 0 Å². The summed E-state index contributed by atoms with van der Waals surface area (Å²) in [5.41, 5.74) is 3.08. The second-order valence-electron chi connectivity index (χ2n) is 5.89. The van der Waals surface area contributed by atoms with Gasteiger partial charge in [-0.2, -0.15) is 5.10 Å². The van der Waals surface area contributed by atoms with E-state index in [1.165, 1.54) is 13.3 Å². The fourth-order valence-electron chi connectivity index (χ4n) is 2.53. The van der Waals surface area contributed by atoms with Gasteiger partial charge in [-0.1, -0.05) is 12.1 Å². The Kier molecular flexibility index (Phi) is 5.07. The summed E-state index contributed by atoms with van der Waals surface area (Å²) in [6, 6.07) is 14.4. The molecule has 0 fully saturated rings.